The molecule has 0 bridgehead atoms. The second-order valence-corrected chi connectivity index (χ2v) is 5.56. The van der Waals surface area contributed by atoms with Crippen molar-refractivity contribution in [2.75, 3.05) is 65.9 Å². The average Bonchev–Trinajstić information content (AvgIpc) is 2.62. The number of aliphatic hydroxyl groups is 1. The molecule has 0 aromatic rings. The van der Waals surface area contributed by atoms with Crippen LogP contribution in [0.3, 0.4) is 0 Å². The lowest BCUT2D eigenvalue weighted by atomic mass is 10.3. The van der Waals surface area contributed by atoms with Gasteiger partial charge in [0, 0.05) is 25.9 Å². The Hall–Kier alpha value is -1.30. The van der Waals surface area contributed by atoms with Crippen LogP contribution in [0.15, 0.2) is 0 Å². The van der Waals surface area contributed by atoms with E-state index in [1.54, 1.807) is 0 Å². The van der Waals surface area contributed by atoms with Crippen LogP contribution in [0.1, 0.15) is 26.2 Å². The van der Waals surface area contributed by atoms with E-state index in [1.807, 2.05) is 6.92 Å². The van der Waals surface area contributed by atoms with Crippen molar-refractivity contribution in [3.63, 3.8) is 0 Å². The summed E-state index contributed by atoms with van der Waals surface area (Å²) in [5.41, 5.74) is 0. The highest BCUT2D eigenvalue weighted by Gasteiger charge is 2.05. The first-order valence-electron chi connectivity index (χ1n) is 9.27. The number of aliphatic hydroxyl groups excluding tert-OH is 1. The third kappa shape index (κ3) is 20.9. The summed E-state index contributed by atoms with van der Waals surface area (Å²) in [5.74, 6) is -0.922. The van der Waals surface area contributed by atoms with Crippen molar-refractivity contribution < 1.29 is 38.7 Å². The number of carbonyl (C=O) groups is 2. The van der Waals surface area contributed by atoms with Gasteiger partial charge in [0.2, 0.25) is 5.91 Å². The molecule has 1 amide bonds. The lowest BCUT2D eigenvalue weighted by Gasteiger charge is -2.13. The van der Waals surface area contributed by atoms with Crippen LogP contribution >= 0.6 is 0 Å². The number of carboxylic acids is 1. The number of carbonyl (C=O) groups excluding carboxylic acids is 1. The number of hydrogen-bond donors (Lipinski definition) is 4. The van der Waals surface area contributed by atoms with Gasteiger partial charge in [0.25, 0.3) is 0 Å². The summed E-state index contributed by atoms with van der Waals surface area (Å²) in [6.07, 6.45) is 0.0505. The first kappa shape index (κ1) is 25.7. The smallest absolute Gasteiger partial charge is 0.305 e. The maximum atomic E-state index is 11.2. The molecule has 0 spiro atoms. The van der Waals surface area contributed by atoms with Gasteiger partial charge in [-0.05, 0) is 6.92 Å². The van der Waals surface area contributed by atoms with E-state index in [2.05, 4.69) is 10.6 Å². The zero-order chi connectivity index (χ0) is 20.2. The molecule has 0 radical (unpaired) electrons. The van der Waals surface area contributed by atoms with Crippen molar-refractivity contribution in [2.45, 2.75) is 32.4 Å². The first-order valence-corrected chi connectivity index (χ1v) is 9.27. The molecule has 160 valence electrons. The largest absolute Gasteiger partial charge is 0.481 e. The van der Waals surface area contributed by atoms with E-state index >= 15 is 0 Å². The summed E-state index contributed by atoms with van der Waals surface area (Å²) in [6.45, 7) is 5.92. The van der Waals surface area contributed by atoms with Crippen LogP contribution in [-0.2, 0) is 28.5 Å². The molecule has 0 aliphatic heterocycles. The minimum absolute atomic E-state index is 0.00762. The summed E-state index contributed by atoms with van der Waals surface area (Å²) in [5, 5.41) is 23.6. The van der Waals surface area contributed by atoms with Gasteiger partial charge in [-0.2, -0.15) is 0 Å². The first-order chi connectivity index (χ1) is 13.1. The zero-order valence-electron chi connectivity index (χ0n) is 16.1. The monoisotopic (exact) mass is 394 g/mol. The van der Waals surface area contributed by atoms with Gasteiger partial charge in [-0.15, -0.1) is 0 Å². The fraction of sp³-hybridized carbons (Fsp3) is 0.882. The summed E-state index contributed by atoms with van der Waals surface area (Å²) >= 11 is 0. The summed E-state index contributed by atoms with van der Waals surface area (Å²) < 4.78 is 21.0. The predicted molar refractivity (Wildman–Crippen MR) is 97.5 cm³/mol. The van der Waals surface area contributed by atoms with Crippen molar-refractivity contribution in [2.24, 2.45) is 0 Å². The number of hydrogen-bond acceptors (Lipinski definition) is 8. The van der Waals surface area contributed by atoms with Gasteiger partial charge in [-0.1, -0.05) is 0 Å². The van der Waals surface area contributed by atoms with Crippen molar-refractivity contribution in [3.8, 4) is 0 Å². The van der Waals surface area contributed by atoms with Crippen LogP contribution in [0.4, 0.5) is 0 Å². The molecule has 1 unspecified atom stereocenters. The molecule has 0 aliphatic rings. The Labute approximate surface area is 160 Å². The average molecular weight is 394 g/mol. The van der Waals surface area contributed by atoms with Crippen molar-refractivity contribution in [1.29, 1.82) is 0 Å². The molecule has 0 saturated heterocycles. The molecule has 0 aliphatic carbocycles. The molecule has 10 heteroatoms. The second kappa shape index (κ2) is 19.5. The van der Waals surface area contributed by atoms with Gasteiger partial charge < -0.3 is 34.5 Å². The van der Waals surface area contributed by atoms with Gasteiger partial charge in [0.1, 0.15) is 6.23 Å². The Morgan fingerprint density at radius 3 is 1.89 bits per heavy atom. The molecule has 27 heavy (non-hydrogen) atoms. The number of amides is 1. The number of aliphatic carboxylic acids is 1. The van der Waals surface area contributed by atoms with Gasteiger partial charge >= 0.3 is 5.97 Å². The minimum Gasteiger partial charge on any atom is -0.481 e. The van der Waals surface area contributed by atoms with Gasteiger partial charge in [0.05, 0.1) is 59.3 Å². The van der Waals surface area contributed by atoms with E-state index < -0.39 is 12.2 Å². The summed E-state index contributed by atoms with van der Waals surface area (Å²) in [6, 6.07) is 0. The molecule has 0 aromatic carbocycles. The van der Waals surface area contributed by atoms with Crippen LogP contribution in [0.5, 0.6) is 0 Å². The number of carboxylic acid groups (broad SMARTS) is 1. The highest BCUT2D eigenvalue weighted by Crippen LogP contribution is 1.91. The molecule has 0 rings (SSSR count). The minimum atomic E-state index is -0.881. The quantitative estimate of drug-likeness (QED) is 0.157. The van der Waals surface area contributed by atoms with E-state index in [1.165, 1.54) is 0 Å². The summed E-state index contributed by atoms with van der Waals surface area (Å²) in [7, 11) is 0. The molecular weight excluding hydrogens is 360 g/mol. The highest BCUT2D eigenvalue weighted by atomic mass is 16.6. The fourth-order valence-corrected chi connectivity index (χ4v) is 1.86. The predicted octanol–water partition coefficient (Wildman–Crippen LogP) is -0.648. The van der Waals surface area contributed by atoms with Crippen molar-refractivity contribution >= 4 is 11.9 Å². The molecule has 0 heterocycles. The molecule has 4 N–H and O–H groups in total. The van der Waals surface area contributed by atoms with Crippen LogP contribution < -0.4 is 10.6 Å². The fourth-order valence-electron chi connectivity index (χ4n) is 1.86. The van der Waals surface area contributed by atoms with Gasteiger partial charge in [-0.3, -0.25) is 14.9 Å². The molecule has 0 fully saturated rings. The SMILES string of the molecule is CCNC(=O)CCNC(O)CCOCCOCCOCCOCCC(=O)O. The van der Waals surface area contributed by atoms with Gasteiger partial charge in [0.15, 0.2) is 0 Å². The van der Waals surface area contributed by atoms with Crippen LogP contribution in [0.25, 0.3) is 0 Å². The van der Waals surface area contributed by atoms with E-state index in [9.17, 15) is 14.7 Å². The van der Waals surface area contributed by atoms with Crippen LogP contribution in [0, 0.1) is 0 Å². The Bertz CT molecular complexity index is 371. The molecule has 10 nitrogen and oxygen atoms in total. The maximum absolute atomic E-state index is 11.2. The standard InChI is InChI=1S/C17H34N2O8/c1-2-18-15(20)3-6-19-16(21)4-7-24-9-11-26-13-14-27-12-10-25-8-5-17(22)23/h16,19,21H,2-14H2,1H3,(H,18,20)(H,22,23). The Morgan fingerprint density at radius 2 is 1.37 bits per heavy atom. The zero-order valence-corrected chi connectivity index (χ0v) is 16.1. The van der Waals surface area contributed by atoms with E-state index in [0.29, 0.717) is 72.2 Å². The van der Waals surface area contributed by atoms with Crippen LogP contribution in [-0.4, -0.2) is 94.3 Å². The van der Waals surface area contributed by atoms with E-state index in [-0.39, 0.29) is 18.9 Å². The molecular formula is C17H34N2O8. The second-order valence-electron chi connectivity index (χ2n) is 5.56. The highest BCUT2D eigenvalue weighted by molar-refractivity contribution is 5.75. The van der Waals surface area contributed by atoms with Crippen molar-refractivity contribution in [3.05, 3.63) is 0 Å². The number of rotatable bonds is 20. The Balaban J connectivity index is 3.19. The van der Waals surface area contributed by atoms with E-state index in [0.717, 1.165) is 0 Å². The summed E-state index contributed by atoms with van der Waals surface area (Å²) in [4.78, 5) is 21.5. The topological polar surface area (TPSA) is 136 Å². The molecule has 0 saturated carbocycles. The number of ether oxygens (including phenoxy) is 4. The number of nitrogens with one attached hydrogen (secondary N) is 2. The van der Waals surface area contributed by atoms with E-state index in [4.69, 9.17) is 24.1 Å². The van der Waals surface area contributed by atoms with Gasteiger partial charge in [-0.25, -0.2) is 0 Å². The maximum Gasteiger partial charge on any atom is 0.305 e. The normalized spacial score (nSPS) is 12.1. The van der Waals surface area contributed by atoms with Crippen molar-refractivity contribution in [1.82, 2.24) is 10.6 Å². The Kier molecular flexibility index (Phi) is 18.5. The molecule has 1 atom stereocenters. The Morgan fingerprint density at radius 1 is 0.852 bits per heavy atom. The van der Waals surface area contributed by atoms with Crippen LogP contribution in [0.2, 0.25) is 0 Å². The third-order valence-electron chi connectivity index (χ3n) is 3.22. The molecule has 0 aromatic heterocycles. The lowest BCUT2D eigenvalue weighted by Crippen LogP contribution is -2.34. The third-order valence-corrected chi connectivity index (χ3v) is 3.22. The lowest BCUT2D eigenvalue weighted by molar-refractivity contribution is -0.138.